The molecule has 3 aromatic carbocycles. The number of hydrogen-bond donors (Lipinski definition) is 2. The van der Waals surface area contributed by atoms with Gasteiger partial charge in [-0.05, 0) is 31.2 Å². The molecule has 0 aliphatic rings. The minimum absolute atomic E-state index is 0.0813. The number of fused-ring (bicyclic) bond motifs is 1. The lowest BCUT2D eigenvalue weighted by molar-refractivity contribution is 0.415. The van der Waals surface area contributed by atoms with E-state index in [4.69, 9.17) is 13.9 Å². The van der Waals surface area contributed by atoms with Crippen LogP contribution in [0.15, 0.2) is 88.1 Å². The molecule has 0 amide bonds. The molecule has 0 fully saturated rings. The van der Waals surface area contributed by atoms with Crippen LogP contribution < -0.4 is 20.2 Å². The Morgan fingerprint density at radius 1 is 0.914 bits per heavy atom. The van der Waals surface area contributed by atoms with Crippen molar-refractivity contribution in [3.8, 4) is 34.5 Å². The fourth-order valence-electron chi connectivity index (χ4n) is 3.65. The van der Waals surface area contributed by atoms with Gasteiger partial charge in [0, 0.05) is 35.5 Å². The number of aryl methyl sites for hydroxylation is 1. The van der Waals surface area contributed by atoms with Crippen LogP contribution in [-0.2, 0) is 0 Å². The van der Waals surface area contributed by atoms with Crippen LogP contribution in [0.3, 0.4) is 0 Å². The summed E-state index contributed by atoms with van der Waals surface area (Å²) in [5, 5.41) is 13.8. The summed E-state index contributed by atoms with van der Waals surface area (Å²) < 4.78 is 17.0. The molecule has 0 radical (unpaired) electrons. The second kappa shape index (κ2) is 9.18. The average Bonchev–Trinajstić information content (AvgIpc) is 2.84. The van der Waals surface area contributed by atoms with Crippen LogP contribution in [0.25, 0.3) is 22.3 Å². The molecule has 0 saturated carbocycles. The molecule has 0 bridgehead atoms. The number of aromatic nitrogens is 2. The first-order chi connectivity index (χ1) is 17.0. The predicted molar refractivity (Wildman–Crippen MR) is 133 cm³/mol. The van der Waals surface area contributed by atoms with E-state index in [1.54, 1.807) is 26.2 Å². The van der Waals surface area contributed by atoms with Crippen molar-refractivity contribution in [2.75, 3.05) is 12.4 Å². The number of ether oxygens (including phenoxy) is 2. The van der Waals surface area contributed by atoms with Crippen LogP contribution in [0.1, 0.15) is 5.82 Å². The monoisotopic (exact) mass is 467 g/mol. The van der Waals surface area contributed by atoms with Gasteiger partial charge in [-0.2, -0.15) is 4.98 Å². The third kappa shape index (κ3) is 4.77. The van der Waals surface area contributed by atoms with Gasteiger partial charge in [0.1, 0.15) is 45.6 Å². The van der Waals surface area contributed by atoms with Crippen LogP contribution in [0.2, 0.25) is 0 Å². The maximum atomic E-state index is 12.7. The summed E-state index contributed by atoms with van der Waals surface area (Å²) in [5.41, 5.74) is 1.41. The number of anilines is 2. The first kappa shape index (κ1) is 22.0. The summed E-state index contributed by atoms with van der Waals surface area (Å²) in [4.78, 5) is 21.4. The SMILES string of the molecule is COc1ccc(Nc2cc(Oc3cc(O)c4c(=O)cc(-c5ccccc5)oc4c3)nc(C)n2)cc1. The third-order valence-corrected chi connectivity index (χ3v) is 5.24. The van der Waals surface area contributed by atoms with Crippen molar-refractivity contribution in [3.63, 3.8) is 0 Å². The molecule has 174 valence electrons. The van der Waals surface area contributed by atoms with Gasteiger partial charge in [-0.25, -0.2) is 4.98 Å². The lowest BCUT2D eigenvalue weighted by Crippen LogP contribution is -2.02. The van der Waals surface area contributed by atoms with Crippen molar-refractivity contribution in [1.29, 1.82) is 0 Å². The van der Waals surface area contributed by atoms with E-state index >= 15 is 0 Å². The van der Waals surface area contributed by atoms with Gasteiger partial charge in [0.2, 0.25) is 5.88 Å². The summed E-state index contributed by atoms with van der Waals surface area (Å²) in [5.74, 6) is 2.43. The largest absolute Gasteiger partial charge is 0.507 e. The van der Waals surface area contributed by atoms with Crippen LogP contribution >= 0.6 is 0 Å². The predicted octanol–water partition coefficient (Wildman–Crippen LogP) is 5.81. The molecular formula is C27H21N3O5. The first-order valence-corrected chi connectivity index (χ1v) is 10.8. The molecule has 0 saturated heterocycles. The normalized spacial score (nSPS) is 10.8. The number of aromatic hydroxyl groups is 1. The van der Waals surface area contributed by atoms with Crippen molar-refractivity contribution >= 4 is 22.5 Å². The topological polar surface area (TPSA) is 107 Å². The quantitative estimate of drug-likeness (QED) is 0.322. The Kier molecular flexibility index (Phi) is 5.76. The Hall–Kier alpha value is -4.85. The second-order valence-corrected chi connectivity index (χ2v) is 7.75. The summed E-state index contributed by atoms with van der Waals surface area (Å²) in [6.07, 6.45) is 0. The van der Waals surface area contributed by atoms with E-state index in [9.17, 15) is 9.90 Å². The minimum atomic E-state index is -0.349. The van der Waals surface area contributed by atoms with E-state index in [2.05, 4.69) is 15.3 Å². The molecule has 5 aromatic rings. The third-order valence-electron chi connectivity index (χ3n) is 5.24. The molecule has 2 heterocycles. The van der Waals surface area contributed by atoms with E-state index < -0.39 is 0 Å². The Balaban J connectivity index is 1.47. The summed E-state index contributed by atoms with van der Waals surface area (Å²) >= 11 is 0. The molecule has 0 unspecified atom stereocenters. The zero-order valence-electron chi connectivity index (χ0n) is 19.0. The van der Waals surface area contributed by atoms with E-state index in [0.717, 1.165) is 17.0 Å². The lowest BCUT2D eigenvalue weighted by Gasteiger charge is -2.11. The molecule has 0 atom stereocenters. The minimum Gasteiger partial charge on any atom is -0.507 e. The van der Waals surface area contributed by atoms with Crippen LogP contribution in [0.4, 0.5) is 11.5 Å². The number of phenolic OH excluding ortho intramolecular Hbond substituents is 1. The molecule has 0 aliphatic carbocycles. The highest BCUT2D eigenvalue weighted by molar-refractivity contribution is 5.86. The van der Waals surface area contributed by atoms with Crippen molar-refractivity contribution < 1.29 is 19.0 Å². The number of hydrogen-bond acceptors (Lipinski definition) is 8. The number of nitrogens with one attached hydrogen (secondary N) is 1. The Labute approximate surface area is 200 Å². The molecular weight excluding hydrogens is 446 g/mol. The molecule has 2 N–H and O–H groups in total. The molecule has 0 aliphatic heterocycles. The van der Waals surface area contributed by atoms with Crippen molar-refractivity contribution in [2.45, 2.75) is 6.92 Å². The average molecular weight is 467 g/mol. The number of rotatable bonds is 6. The number of phenols is 1. The Morgan fingerprint density at radius 2 is 1.69 bits per heavy atom. The van der Waals surface area contributed by atoms with Gasteiger partial charge in [-0.15, -0.1) is 0 Å². The van der Waals surface area contributed by atoms with Gasteiger partial charge in [0.15, 0.2) is 5.43 Å². The second-order valence-electron chi connectivity index (χ2n) is 7.75. The number of benzene rings is 3. The maximum absolute atomic E-state index is 12.7. The highest BCUT2D eigenvalue weighted by Crippen LogP contribution is 2.33. The van der Waals surface area contributed by atoms with Gasteiger partial charge in [0.05, 0.1) is 7.11 Å². The molecule has 8 heteroatoms. The smallest absolute Gasteiger partial charge is 0.224 e. The van der Waals surface area contributed by atoms with Crippen LogP contribution in [-0.4, -0.2) is 22.2 Å². The molecule has 8 nitrogen and oxygen atoms in total. The Morgan fingerprint density at radius 3 is 2.43 bits per heavy atom. The zero-order chi connectivity index (χ0) is 24.4. The fourth-order valence-corrected chi connectivity index (χ4v) is 3.65. The summed E-state index contributed by atoms with van der Waals surface area (Å²) in [7, 11) is 1.61. The van der Waals surface area contributed by atoms with E-state index in [1.807, 2.05) is 54.6 Å². The van der Waals surface area contributed by atoms with E-state index in [-0.39, 0.29) is 33.8 Å². The summed E-state index contributed by atoms with van der Waals surface area (Å²) in [6.45, 7) is 1.75. The van der Waals surface area contributed by atoms with Gasteiger partial charge in [0.25, 0.3) is 0 Å². The zero-order valence-corrected chi connectivity index (χ0v) is 19.0. The Bertz CT molecular complexity index is 1560. The number of methoxy groups -OCH3 is 1. The van der Waals surface area contributed by atoms with Gasteiger partial charge in [-0.3, -0.25) is 4.79 Å². The molecule has 5 rings (SSSR count). The standard InChI is InChI=1S/C27H21N3O5/c1-16-28-25(30-18-8-10-19(33-2)11-9-18)15-26(29-16)34-20-12-21(31)27-22(32)14-23(35-24(27)13-20)17-6-4-3-5-7-17/h3-15,31H,1-2H3,(H,28,29,30). The highest BCUT2D eigenvalue weighted by Gasteiger charge is 2.14. The van der Waals surface area contributed by atoms with Crippen molar-refractivity contribution in [2.24, 2.45) is 0 Å². The maximum Gasteiger partial charge on any atom is 0.224 e. The van der Waals surface area contributed by atoms with Crippen LogP contribution in [0, 0.1) is 6.92 Å². The van der Waals surface area contributed by atoms with Gasteiger partial charge < -0.3 is 24.3 Å². The summed E-state index contributed by atoms with van der Waals surface area (Å²) in [6, 6.07) is 22.6. The van der Waals surface area contributed by atoms with Crippen LogP contribution in [0.5, 0.6) is 23.1 Å². The number of nitrogens with zero attached hydrogens (tertiary/aromatic N) is 2. The first-order valence-electron chi connectivity index (χ1n) is 10.8. The van der Waals surface area contributed by atoms with Crippen molar-refractivity contribution in [3.05, 3.63) is 94.9 Å². The highest BCUT2D eigenvalue weighted by atomic mass is 16.5. The molecule has 2 aromatic heterocycles. The lowest BCUT2D eigenvalue weighted by atomic mass is 10.1. The van der Waals surface area contributed by atoms with E-state index in [1.165, 1.54) is 12.1 Å². The van der Waals surface area contributed by atoms with E-state index in [0.29, 0.717) is 17.4 Å². The van der Waals surface area contributed by atoms with Crippen molar-refractivity contribution in [1.82, 2.24) is 9.97 Å². The van der Waals surface area contributed by atoms with Gasteiger partial charge in [-0.1, -0.05) is 30.3 Å². The fraction of sp³-hybridized carbons (Fsp3) is 0.0741. The van der Waals surface area contributed by atoms with Gasteiger partial charge >= 0.3 is 0 Å². The molecule has 35 heavy (non-hydrogen) atoms. The molecule has 0 spiro atoms.